The van der Waals surface area contributed by atoms with Gasteiger partial charge in [0.05, 0.1) is 10.9 Å². The minimum absolute atomic E-state index is 0.0113. The molecule has 5 rings (SSSR count). The lowest BCUT2D eigenvalue weighted by atomic mass is 10.1. The summed E-state index contributed by atoms with van der Waals surface area (Å²) in [6.07, 6.45) is -2.57. The van der Waals surface area contributed by atoms with E-state index in [9.17, 15) is 22.0 Å². The van der Waals surface area contributed by atoms with Crippen molar-refractivity contribution in [3.8, 4) is 11.4 Å². The van der Waals surface area contributed by atoms with E-state index in [0.29, 0.717) is 18.5 Å². The maximum Gasteiger partial charge on any atom is 0.417 e. The van der Waals surface area contributed by atoms with Crippen molar-refractivity contribution in [3.63, 3.8) is 0 Å². The average Bonchev–Trinajstić information content (AvgIpc) is 3.35. The Kier molecular flexibility index (Phi) is 4.38. The Labute approximate surface area is 172 Å². The van der Waals surface area contributed by atoms with Crippen LogP contribution in [0.1, 0.15) is 23.2 Å². The van der Waals surface area contributed by atoms with Gasteiger partial charge in [-0.05, 0) is 31.4 Å². The molecule has 2 heterocycles. The van der Waals surface area contributed by atoms with Crippen molar-refractivity contribution < 1.29 is 22.0 Å². The molecule has 0 saturated carbocycles. The van der Waals surface area contributed by atoms with Gasteiger partial charge in [-0.25, -0.2) is 18.7 Å². The van der Waals surface area contributed by atoms with Crippen LogP contribution in [0.3, 0.4) is 0 Å². The van der Waals surface area contributed by atoms with E-state index >= 15 is 0 Å². The minimum atomic E-state index is -4.57. The van der Waals surface area contributed by atoms with Gasteiger partial charge < -0.3 is 5.32 Å². The second-order valence-corrected chi connectivity index (χ2v) is 7.23. The fourth-order valence-electron chi connectivity index (χ4n) is 3.84. The first-order valence-corrected chi connectivity index (χ1v) is 9.48. The highest BCUT2D eigenvalue weighted by molar-refractivity contribution is 5.91. The molecular weight excluding hydrogens is 417 g/mol. The molecule has 31 heavy (non-hydrogen) atoms. The quantitative estimate of drug-likeness (QED) is 0.418. The second kappa shape index (κ2) is 7.00. The van der Waals surface area contributed by atoms with E-state index in [4.69, 9.17) is 0 Å². The molecule has 1 aliphatic rings. The number of rotatable bonds is 3. The van der Waals surface area contributed by atoms with Crippen molar-refractivity contribution in [1.29, 1.82) is 0 Å². The number of halogens is 5. The van der Waals surface area contributed by atoms with Gasteiger partial charge in [0.2, 0.25) is 0 Å². The number of aryl methyl sites for hydroxylation is 1. The zero-order valence-corrected chi connectivity index (χ0v) is 15.8. The number of fused-ring (bicyclic) bond motifs is 2. The summed E-state index contributed by atoms with van der Waals surface area (Å²) >= 11 is 0. The number of aromatic nitrogens is 4. The maximum absolute atomic E-state index is 14.0. The molecule has 0 atom stereocenters. The highest BCUT2D eigenvalue weighted by Crippen LogP contribution is 2.38. The van der Waals surface area contributed by atoms with E-state index in [1.54, 1.807) is 0 Å². The molecule has 4 aromatic rings. The molecule has 0 unspecified atom stereocenters. The Morgan fingerprint density at radius 1 is 0.968 bits per heavy atom. The van der Waals surface area contributed by atoms with Crippen molar-refractivity contribution >= 4 is 22.5 Å². The molecule has 2 N–H and O–H groups in total. The SMILES string of the molecule is Fc1cc(F)c2[nH]nc(Nc3nc(-c4ccccc4C(F)(F)F)nc4c3CCC4)c2c1. The average molecular weight is 431 g/mol. The number of H-pyrrole nitrogens is 1. The van der Waals surface area contributed by atoms with Gasteiger partial charge in [0.15, 0.2) is 17.5 Å². The number of alkyl halides is 3. The Morgan fingerprint density at radius 2 is 1.77 bits per heavy atom. The summed E-state index contributed by atoms with van der Waals surface area (Å²) in [6, 6.07) is 6.94. The van der Waals surface area contributed by atoms with E-state index in [2.05, 4.69) is 25.5 Å². The molecule has 0 saturated heterocycles. The molecule has 0 fully saturated rings. The van der Waals surface area contributed by atoms with Gasteiger partial charge >= 0.3 is 6.18 Å². The molecule has 5 nitrogen and oxygen atoms in total. The fourth-order valence-corrected chi connectivity index (χ4v) is 3.84. The number of hydrogen-bond donors (Lipinski definition) is 2. The summed E-state index contributed by atoms with van der Waals surface area (Å²) < 4.78 is 68.2. The Morgan fingerprint density at radius 3 is 2.58 bits per heavy atom. The van der Waals surface area contributed by atoms with Crippen LogP contribution < -0.4 is 5.32 Å². The number of aromatic amines is 1. The lowest BCUT2D eigenvalue weighted by Gasteiger charge is -2.15. The number of nitrogens with one attached hydrogen (secondary N) is 2. The Balaban J connectivity index is 1.65. The third-order valence-electron chi connectivity index (χ3n) is 5.23. The van der Waals surface area contributed by atoms with Crippen LogP contribution in [0.15, 0.2) is 36.4 Å². The van der Waals surface area contributed by atoms with E-state index in [1.807, 2.05) is 0 Å². The third kappa shape index (κ3) is 3.37. The Bertz CT molecular complexity index is 1310. The lowest BCUT2D eigenvalue weighted by Crippen LogP contribution is -2.10. The zero-order chi connectivity index (χ0) is 21.8. The van der Waals surface area contributed by atoms with Crippen LogP contribution in [0, 0.1) is 11.6 Å². The monoisotopic (exact) mass is 431 g/mol. The summed E-state index contributed by atoms with van der Waals surface area (Å²) in [5.41, 5.74) is 0.421. The van der Waals surface area contributed by atoms with Crippen LogP contribution >= 0.6 is 0 Å². The first kappa shape index (κ1) is 19.4. The van der Waals surface area contributed by atoms with Crippen molar-refractivity contribution in [1.82, 2.24) is 20.2 Å². The zero-order valence-electron chi connectivity index (χ0n) is 15.8. The van der Waals surface area contributed by atoms with E-state index in [1.165, 1.54) is 18.2 Å². The van der Waals surface area contributed by atoms with Crippen LogP contribution in [-0.4, -0.2) is 20.2 Å². The predicted octanol–water partition coefficient (Wildman–Crippen LogP) is 5.55. The summed E-state index contributed by atoms with van der Waals surface area (Å²) in [5, 5.41) is 9.60. The van der Waals surface area contributed by atoms with Crippen LogP contribution in [0.25, 0.3) is 22.3 Å². The predicted molar refractivity (Wildman–Crippen MR) is 104 cm³/mol. The molecule has 0 radical (unpaired) electrons. The van der Waals surface area contributed by atoms with E-state index in [0.717, 1.165) is 30.2 Å². The van der Waals surface area contributed by atoms with E-state index in [-0.39, 0.29) is 33.9 Å². The standard InChI is InChI=1S/C21H14F5N5/c22-10-8-13-17(15(23)9-10)30-31-20(13)29-19-12-5-3-7-16(12)27-18(28-19)11-4-1-2-6-14(11)21(24,25)26/h1-2,4,6,8-9H,3,5,7H2,(H2,27,28,29,30,31). The molecule has 2 aromatic heterocycles. The molecule has 10 heteroatoms. The van der Waals surface area contributed by atoms with Crippen LogP contribution in [0.5, 0.6) is 0 Å². The number of nitrogens with zero attached hydrogens (tertiary/aromatic N) is 3. The first-order chi connectivity index (χ1) is 14.8. The highest BCUT2D eigenvalue weighted by atomic mass is 19.4. The van der Waals surface area contributed by atoms with Crippen molar-refractivity contribution in [3.05, 3.63) is 64.9 Å². The molecule has 158 valence electrons. The fraction of sp³-hybridized carbons (Fsp3) is 0.190. The normalized spacial score (nSPS) is 13.6. The van der Waals surface area contributed by atoms with E-state index < -0.39 is 23.4 Å². The van der Waals surface area contributed by atoms with Crippen LogP contribution in [-0.2, 0) is 19.0 Å². The largest absolute Gasteiger partial charge is 0.417 e. The van der Waals surface area contributed by atoms with Gasteiger partial charge in [0, 0.05) is 22.9 Å². The minimum Gasteiger partial charge on any atom is -0.323 e. The Hall–Kier alpha value is -3.56. The number of hydrogen-bond acceptors (Lipinski definition) is 4. The molecule has 0 bridgehead atoms. The number of benzene rings is 2. The summed E-state index contributed by atoms with van der Waals surface area (Å²) in [6.45, 7) is 0. The third-order valence-corrected chi connectivity index (χ3v) is 5.23. The van der Waals surface area contributed by atoms with Gasteiger partial charge in [-0.2, -0.15) is 18.3 Å². The second-order valence-electron chi connectivity index (χ2n) is 7.23. The maximum atomic E-state index is 14.0. The molecule has 1 aliphatic carbocycles. The summed E-state index contributed by atoms with van der Waals surface area (Å²) in [5.74, 6) is -1.26. The van der Waals surface area contributed by atoms with Crippen LogP contribution in [0.4, 0.5) is 33.6 Å². The molecule has 0 amide bonds. The van der Waals surface area contributed by atoms with Gasteiger partial charge in [0.25, 0.3) is 0 Å². The van der Waals surface area contributed by atoms with Gasteiger partial charge in [0.1, 0.15) is 17.2 Å². The van der Waals surface area contributed by atoms with Crippen molar-refractivity contribution in [2.24, 2.45) is 0 Å². The summed E-state index contributed by atoms with van der Waals surface area (Å²) in [4.78, 5) is 8.73. The van der Waals surface area contributed by atoms with Crippen LogP contribution in [0.2, 0.25) is 0 Å². The van der Waals surface area contributed by atoms with Gasteiger partial charge in [-0.3, -0.25) is 5.10 Å². The molecule has 0 aliphatic heterocycles. The lowest BCUT2D eigenvalue weighted by molar-refractivity contribution is -0.137. The first-order valence-electron chi connectivity index (χ1n) is 9.48. The van der Waals surface area contributed by atoms with Gasteiger partial charge in [-0.1, -0.05) is 18.2 Å². The molecule has 2 aromatic carbocycles. The highest BCUT2D eigenvalue weighted by Gasteiger charge is 2.34. The number of anilines is 2. The van der Waals surface area contributed by atoms with Crippen molar-refractivity contribution in [2.75, 3.05) is 5.32 Å². The van der Waals surface area contributed by atoms with Gasteiger partial charge in [-0.15, -0.1) is 0 Å². The molecular formula is C21H14F5N5. The smallest absolute Gasteiger partial charge is 0.323 e. The topological polar surface area (TPSA) is 66.5 Å². The molecule has 0 spiro atoms. The summed E-state index contributed by atoms with van der Waals surface area (Å²) in [7, 11) is 0. The van der Waals surface area contributed by atoms with Crippen molar-refractivity contribution in [2.45, 2.75) is 25.4 Å².